The van der Waals surface area contributed by atoms with Crippen molar-refractivity contribution in [2.45, 2.75) is 51.2 Å². The number of likely N-dealkylation sites (tertiary alicyclic amines) is 1. The van der Waals surface area contributed by atoms with Crippen molar-refractivity contribution >= 4 is 41.7 Å². The summed E-state index contributed by atoms with van der Waals surface area (Å²) in [6.45, 7) is 12.6. The third kappa shape index (κ3) is 10.7. The summed E-state index contributed by atoms with van der Waals surface area (Å²) < 4.78 is 0.239. The van der Waals surface area contributed by atoms with Gasteiger partial charge in [0, 0.05) is 24.9 Å². The number of hydrogen-bond donors (Lipinski definition) is 2. The molecule has 0 radical (unpaired) electrons. The Morgan fingerprint density at radius 1 is 1.22 bits per heavy atom. The second-order valence-electron chi connectivity index (χ2n) is 7.05. The molecule has 138 valence electrons. The number of thioether (sulfide) groups is 1. The van der Waals surface area contributed by atoms with Gasteiger partial charge in [-0.05, 0) is 71.3 Å². The third-order valence-electron chi connectivity index (χ3n) is 4.53. The molecule has 0 aromatic carbocycles. The fourth-order valence-electron chi connectivity index (χ4n) is 2.54. The number of nitrogens with one attached hydrogen (secondary N) is 2. The van der Waals surface area contributed by atoms with Crippen LogP contribution in [0.3, 0.4) is 0 Å². The zero-order valence-corrected chi connectivity index (χ0v) is 18.8. The highest BCUT2D eigenvalue weighted by Gasteiger charge is 2.16. The third-order valence-corrected chi connectivity index (χ3v) is 5.78. The molecule has 1 saturated heterocycles. The van der Waals surface area contributed by atoms with Crippen molar-refractivity contribution in [1.29, 1.82) is 0 Å². The summed E-state index contributed by atoms with van der Waals surface area (Å²) in [7, 11) is 1.84. The first kappa shape index (κ1) is 23.3. The summed E-state index contributed by atoms with van der Waals surface area (Å²) in [6.07, 6.45) is 7.38. The van der Waals surface area contributed by atoms with E-state index in [-0.39, 0.29) is 28.7 Å². The normalized spacial score (nSPS) is 17.7. The molecule has 0 aromatic heterocycles. The van der Waals surface area contributed by atoms with E-state index in [1.54, 1.807) is 0 Å². The maximum Gasteiger partial charge on any atom is 0.191 e. The van der Waals surface area contributed by atoms with Gasteiger partial charge in [-0.25, -0.2) is 0 Å². The second-order valence-corrected chi connectivity index (χ2v) is 8.56. The molecule has 0 bridgehead atoms. The topological polar surface area (TPSA) is 39.7 Å². The summed E-state index contributed by atoms with van der Waals surface area (Å²) in [5.74, 6) is 1.85. The largest absolute Gasteiger partial charge is 0.356 e. The molecule has 0 amide bonds. The minimum atomic E-state index is 0. The van der Waals surface area contributed by atoms with Crippen molar-refractivity contribution in [2.75, 3.05) is 46.0 Å². The van der Waals surface area contributed by atoms with Crippen molar-refractivity contribution < 1.29 is 0 Å². The molecular formula is C17H37IN4S. The molecule has 23 heavy (non-hydrogen) atoms. The van der Waals surface area contributed by atoms with Crippen LogP contribution in [-0.4, -0.2) is 61.6 Å². The van der Waals surface area contributed by atoms with Crippen molar-refractivity contribution in [1.82, 2.24) is 15.5 Å². The molecular weight excluding hydrogens is 419 g/mol. The molecule has 1 rings (SSSR count). The number of halogens is 1. The van der Waals surface area contributed by atoms with Gasteiger partial charge in [0.1, 0.15) is 0 Å². The van der Waals surface area contributed by atoms with E-state index in [9.17, 15) is 0 Å². The Bertz CT molecular complexity index is 329. The van der Waals surface area contributed by atoms with Gasteiger partial charge in [0.15, 0.2) is 5.96 Å². The number of aliphatic imine (C=N–C) groups is 1. The molecule has 0 aromatic rings. The monoisotopic (exact) mass is 456 g/mol. The Morgan fingerprint density at radius 2 is 1.87 bits per heavy atom. The predicted molar refractivity (Wildman–Crippen MR) is 116 cm³/mol. The summed E-state index contributed by atoms with van der Waals surface area (Å²) in [5.41, 5.74) is 0. The summed E-state index contributed by atoms with van der Waals surface area (Å²) in [4.78, 5) is 6.92. The van der Waals surface area contributed by atoms with Crippen molar-refractivity contribution in [2.24, 2.45) is 10.9 Å². The number of piperidine rings is 1. The number of unbranched alkanes of at least 4 members (excludes halogenated alkanes) is 1. The molecule has 4 nitrogen and oxygen atoms in total. The Morgan fingerprint density at radius 3 is 2.43 bits per heavy atom. The van der Waals surface area contributed by atoms with Crippen LogP contribution in [0.5, 0.6) is 0 Å². The zero-order chi connectivity index (χ0) is 16.4. The maximum atomic E-state index is 4.30. The van der Waals surface area contributed by atoms with Crippen LogP contribution in [0.4, 0.5) is 0 Å². The average molecular weight is 456 g/mol. The highest BCUT2D eigenvalue weighted by Crippen LogP contribution is 2.19. The second kappa shape index (κ2) is 12.6. The van der Waals surface area contributed by atoms with Gasteiger partial charge in [-0.3, -0.25) is 4.99 Å². The quantitative estimate of drug-likeness (QED) is 0.254. The van der Waals surface area contributed by atoms with Crippen LogP contribution in [0.2, 0.25) is 0 Å². The SMILES string of the molecule is CN=C(NCCCCN1CCC(C)CC1)NCC(C)(C)SC.I. The molecule has 0 spiro atoms. The van der Waals surface area contributed by atoms with Gasteiger partial charge in [-0.1, -0.05) is 6.92 Å². The van der Waals surface area contributed by atoms with E-state index in [1.807, 2.05) is 18.8 Å². The van der Waals surface area contributed by atoms with Gasteiger partial charge in [-0.2, -0.15) is 11.8 Å². The van der Waals surface area contributed by atoms with E-state index < -0.39 is 0 Å². The van der Waals surface area contributed by atoms with E-state index in [4.69, 9.17) is 0 Å². The highest BCUT2D eigenvalue weighted by molar-refractivity contribution is 14.0. The molecule has 1 aliphatic rings. The lowest BCUT2D eigenvalue weighted by Gasteiger charge is -2.30. The lowest BCUT2D eigenvalue weighted by atomic mass is 9.99. The summed E-state index contributed by atoms with van der Waals surface area (Å²) in [5, 5.41) is 6.84. The molecule has 2 N–H and O–H groups in total. The first-order valence-corrected chi connectivity index (χ1v) is 9.91. The number of nitrogens with zero attached hydrogens (tertiary/aromatic N) is 2. The molecule has 0 aliphatic carbocycles. The van der Waals surface area contributed by atoms with Crippen LogP contribution in [-0.2, 0) is 0 Å². The molecule has 6 heteroatoms. The molecule has 1 fully saturated rings. The number of rotatable bonds is 8. The van der Waals surface area contributed by atoms with Crippen LogP contribution in [0.1, 0.15) is 46.5 Å². The van der Waals surface area contributed by atoms with Gasteiger partial charge in [-0.15, -0.1) is 24.0 Å². The van der Waals surface area contributed by atoms with E-state index in [1.165, 1.54) is 45.3 Å². The van der Waals surface area contributed by atoms with Crippen LogP contribution in [0, 0.1) is 5.92 Å². The van der Waals surface area contributed by atoms with Crippen LogP contribution in [0.25, 0.3) is 0 Å². The van der Waals surface area contributed by atoms with Gasteiger partial charge in [0.25, 0.3) is 0 Å². The maximum absolute atomic E-state index is 4.30. The first-order chi connectivity index (χ1) is 10.5. The fourth-order valence-corrected chi connectivity index (χ4v) is 2.76. The lowest BCUT2D eigenvalue weighted by molar-refractivity contribution is 0.189. The highest BCUT2D eigenvalue weighted by atomic mass is 127. The van der Waals surface area contributed by atoms with Crippen LogP contribution >= 0.6 is 35.7 Å². The van der Waals surface area contributed by atoms with Crippen molar-refractivity contribution in [3.63, 3.8) is 0 Å². The minimum Gasteiger partial charge on any atom is -0.356 e. The van der Waals surface area contributed by atoms with E-state index >= 15 is 0 Å². The summed E-state index contributed by atoms with van der Waals surface area (Å²) >= 11 is 1.88. The van der Waals surface area contributed by atoms with E-state index in [0.717, 1.165) is 25.0 Å². The van der Waals surface area contributed by atoms with Crippen molar-refractivity contribution in [3.05, 3.63) is 0 Å². The lowest BCUT2D eigenvalue weighted by Crippen LogP contribution is -2.43. The number of hydrogen-bond acceptors (Lipinski definition) is 3. The Hall–Kier alpha value is 0.310. The first-order valence-electron chi connectivity index (χ1n) is 8.69. The Balaban J connectivity index is 0.00000484. The summed E-state index contributed by atoms with van der Waals surface area (Å²) in [6, 6.07) is 0. The average Bonchev–Trinajstić information content (AvgIpc) is 2.51. The Kier molecular flexibility index (Phi) is 12.8. The zero-order valence-electron chi connectivity index (χ0n) is 15.7. The minimum absolute atomic E-state index is 0. The van der Waals surface area contributed by atoms with E-state index in [2.05, 4.69) is 47.6 Å². The fraction of sp³-hybridized carbons (Fsp3) is 0.941. The Labute approximate surface area is 165 Å². The van der Waals surface area contributed by atoms with Gasteiger partial charge in [0.2, 0.25) is 0 Å². The van der Waals surface area contributed by atoms with Gasteiger partial charge in [0.05, 0.1) is 0 Å². The van der Waals surface area contributed by atoms with E-state index in [0.29, 0.717) is 0 Å². The van der Waals surface area contributed by atoms with Gasteiger partial charge < -0.3 is 15.5 Å². The molecule has 0 saturated carbocycles. The number of guanidine groups is 1. The van der Waals surface area contributed by atoms with Crippen LogP contribution < -0.4 is 10.6 Å². The van der Waals surface area contributed by atoms with Crippen LogP contribution in [0.15, 0.2) is 4.99 Å². The molecule has 1 heterocycles. The molecule has 1 aliphatic heterocycles. The molecule has 0 unspecified atom stereocenters. The predicted octanol–water partition coefficient (Wildman–Crippen LogP) is 3.42. The standard InChI is InChI=1S/C17H36N4S.HI/c1-15-8-12-21(13-9-15)11-7-6-10-19-16(18-4)20-14-17(2,3)22-5;/h15H,6-14H2,1-5H3,(H2,18,19,20);1H. The smallest absolute Gasteiger partial charge is 0.191 e. The molecule has 0 atom stereocenters. The van der Waals surface area contributed by atoms with Gasteiger partial charge >= 0.3 is 0 Å². The van der Waals surface area contributed by atoms with Crippen molar-refractivity contribution in [3.8, 4) is 0 Å².